The number of ether oxygens (including phenoxy) is 2. The Morgan fingerprint density at radius 1 is 0.612 bits per heavy atom. The molecule has 3 N–H and O–H groups in total. The molecule has 0 saturated heterocycles. The fraction of sp³-hybridized carbons (Fsp3) is 0.737. The number of aliphatic hydroxyl groups excluding tert-OH is 2. The number of hydrogen-bond donors (Lipinski definition) is 3. The minimum Gasteiger partial charge on any atom is -0.462 e. The first-order chi connectivity index (χ1) is 23.7. The third-order valence-corrected chi connectivity index (χ3v) is 8.41. The summed E-state index contributed by atoms with van der Waals surface area (Å²) in [5.41, 5.74) is 0. The molecule has 284 valence electrons. The van der Waals surface area contributed by atoms with Gasteiger partial charge in [-0.2, -0.15) is 0 Å². The van der Waals surface area contributed by atoms with Crippen LogP contribution in [0.3, 0.4) is 0 Å². The van der Waals surface area contributed by atoms with Crippen molar-refractivity contribution < 1.29 is 47.8 Å². The number of carbonyl (C=O) groups excluding carboxylic acids is 2. The lowest BCUT2D eigenvalue weighted by molar-refractivity contribution is -0.161. The minimum absolute atomic E-state index is 0.147. The van der Waals surface area contributed by atoms with Crippen LogP contribution in [0.5, 0.6) is 0 Å². The molecule has 0 fully saturated rings. The highest BCUT2D eigenvalue weighted by Gasteiger charge is 2.27. The van der Waals surface area contributed by atoms with E-state index in [1.54, 1.807) is 0 Å². The van der Waals surface area contributed by atoms with Gasteiger partial charge in [0.25, 0.3) is 0 Å². The van der Waals surface area contributed by atoms with Crippen molar-refractivity contribution in [2.45, 2.75) is 154 Å². The largest absolute Gasteiger partial charge is 0.472 e. The molecule has 0 aromatic carbocycles. The quantitative estimate of drug-likeness (QED) is 0.0255. The SMILES string of the molecule is CCCCC/C=C\C/C=C\CCCCCC(=O)OC[C@H](COP(=O)(O)OCC(O)CO)OC(=O)CCCCC/C=C\C/C=C\CCCCC. The van der Waals surface area contributed by atoms with Crippen molar-refractivity contribution >= 4 is 19.8 Å². The maximum Gasteiger partial charge on any atom is 0.472 e. The van der Waals surface area contributed by atoms with E-state index in [0.717, 1.165) is 64.2 Å². The first kappa shape index (κ1) is 46.9. The van der Waals surface area contributed by atoms with Crippen LogP contribution in [-0.2, 0) is 32.7 Å². The zero-order valence-corrected chi connectivity index (χ0v) is 31.3. The lowest BCUT2D eigenvalue weighted by Crippen LogP contribution is -2.29. The van der Waals surface area contributed by atoms with Gasteiger partial charge in [0.1, 0.15) is 12.7 Å². The van der Waals surface area contributed by atoms with Gasteiger partial charge in [0.15, 0.2) is 6.10 Å². The summed E-state index contributed by atoms with van der Waals surface area (Å²) in [4.78, 5) is 34.7. The third-order valence-electron chi connectivity index (χ3n) is 7.46. The van der Waals surface area contributed by atoms with Gasteiger partial charge in [0, 0.05) is 12.8 Å². The lowest BCUT2D eigenvalue weighted by atomic mass is 10.1. The number of esters is 2. The molecule has 0 bridgehead atoms. The van der Waals surface area contributed by atoms with Crippen LogP contribution in [0, 0.1) is 0 Å². The third kappa shape index (κ3) is 34.2. The van der Waals surface area contributed by atoms with E-state index < -0.39 is 51.8 Å². The van der Waals surface area contributed by atoms with E-state index in [-0.39, 0.29) is 19.4 Å². The predicted octanol–water partition coefficient (Wildman–Crippen LogP) is 8.99. The predicted molar refractivity (Wildman–Crippen MR) is 196 cm³/mol. The van der Waals surface area contributed by atoms with E-state index in [0.29, 0.717) is 12.8 Å². The van der Waals surface area contributed by atoms with Gasteiger partial charge in [-0.15, -0.1) is 0 Å². The second-order valence-corrected chi connectivity index (χ2v) is 13.7. The number of unbranched alkanes of at least 4 members (excludes halogenated alkanes) is 12. The van der Waals surface area contributed by atoms with Gasteiger partial charge in [-0.05, 0) is 77.0 Å². The average Bonchev–Trinajstić information content (AvgIpc) is 3.09. The highest BCUT2D eigenvalue weighted by molar-refractivity contribution is 7.47. The number of allylic oxidation sites excluding steroid dienone is 8. The van der Waals surface area contributed by atoms with Crippen LogP contribution in [0.4, 0.5) is 0 Å². The fourth-order valence-corrected chi connectivity index (χ4v) is 5.31. The van der Waals surface area contributed by atoms with Crippen molar-refractivity contribution in [3.63, 3.8) is 0 Å². The molecule has 0 rings (SSSR count). The van der Waals surface area contributed by atoms with E-state index in [1.165, 1.54) is 38.5 Å². The summed E-state index contributed by atoms with van der Waals surface area (Å²) in [6.45, 7) is 2.23. The molecular formula is C38H67O10P. The Balaban J connectivity index is 4.49. The Kier molecular flexibility index (Phi) is 32.9. The molecule has 0 radical (unpaired) electrons. The van der Waals surface area contributed by atoms with Crippen molar-refractivity contribution in [3.05, 3.63) is 48.6 Å². The molecule has 49 heavy (non-hydrogen) atoms. The van der Waals surface area contributed by atoms with Gasteiger partial charge in [-0.1, -0.05) is 101 Å². The molecule has 0 aliphatic heterocycles. The highest BCUT2D eigenvalue weighted by Crippen LogP contribution is 2.43. The highest BCUT2D eigenvalue weighted by atomic mass is 31.2. The first-order valence-corrected chi connectivity index (χ1v) is 20.1. The van der Waals surface area contributed by atoms with Gasteiger partial charge in [-0.25, -0.2) is 4.57 Å². The standard InChI is InChI=1S/C38H67O10P/c1-3-5-7-9-11-13-15-17-19-21-23-25-27-29-37(41)45-33-36(34-47-49(43,44)46-32-35(40)31-39)48-38(42)30-28-26-24-22-20-18-16-14-12-10-8-6-4-2/h11-14,17-20,35-36,39-40H,3-10,15-16,21-34H2,1-2H3,(H,43,44)/b13-11-,14-12-,19-17-,20-18-/t35?,36-/m1/s1. The van der Waals surface area contributed by atoms with Crippen LogP contribution in [0.1, 0.15) is 142 Å². The average molecular weight is 715 g/mol. The van der Waals surface area contributed by atoms with E-state index in [4.69, 9.17) is 19.1 Å². The molecule has 0 saturated carbocycles. The minimum atomic E-state index is -4.62. The van der Waals surface area contributed by atoms with Crippen LogP contribution in [0.15, 0.2) is 48.6 Å². The Morgan fingerprint density at radius 2 is 1.06 bits per heavy atom. The van der Waals surface area contributed by atoms with Crippen molar-refractivity contribution in [3.8, 4) is 0 Å². The number of phosphoric acid groups is 1. The monoisotopic (exact) mass is 714 g/mol. The Labute approximate surface area is 296 Å². The molecule has 0 aromatic heterocycles. The zero-order chi connectivity index (χ0) is 36.3. The number of aliphatic hydroxyl groups is 2. The van der Waals surface area contributed by atoms with Crippen LogP contribution in [0.2, 0.25) is 0 Å². The molecule has 3 atom stereocenters. The maximum absolute atomic E-state index is 12.5. The Bertz CT molecular complexity index is 962. The molecule has 11 heteroatoms. The van der Waals surface area contributed by atoms with E-state index in [1.807, 2.05) is 0 Å². The molecule has 0 aliphatic rings. The van der Waals surface area contributed by atoms with Crippen LogP contribution in [0.25, 0.3) is 0 Å². The molecule has 0 spiro atoms. The van der Waals surface area contributed by atoms with Crippen LogP contribution in [-0.4, -0.2) is 65.7 Å². The van der Waals surface area contributed by atoms with Gasteiger partial charge in [0.05, 0.1) is 19.8 Å². The number of hydrogen-bond acceptors (Lipinski definition) is 9. The number of rotatable bonds is 34. The van der Waals surface area contributed by atoms with Gasteiger partial charge < -0.3 is 24.6 Å². The smallest absolute Gasteiger partial charge is 0.462 e. The van der Waals surface area contributed by atoms with E-state index >= 15 is 0 Å². The van der Waals surface area contributed by atoms with E-state index in [9.17, 15) is 24.2 Å². The molecule has 0 aromatic rings. The van der Waals surface area contributed by atoms with Crippen LogP contribution < -0.4 is 0 Å². The van der Waals surface area contributed by atoms with E-state index in [2.05, 4.69) is 67.0 Å². The summed E-state index contributed by atoms with van der Waals surface area (Å²) in [7, 11) is -4.62. The summed E-state index contributed by atoms with van der Waals surface area (Å²) >= 11 is 0. The topological polar surface area (TPSA) is 149 Å². The second-order valence-electron chi connectivity index (χ2n) is 12.2. The van der Waals surface area contributed by atoms with Crippen molar-refractivity contribution in [2.75, 3.05) is 26.4 Å². The lowest BCUT2D eigenvalue weighted by Gasteiger charge is -2.20. The molecule has 0 amide bonds. The number of phosphoric ester groups is 1. The first-order valence-electron chi connectivity index (χ1n) is 18.6. The summed E-state index contributed by atoms with van der Waals surface area (Å²) in [5.74, 6) is -0.989. The Morgan fingerprint density at radius 3 is 1.53 bits per heavy atom. The van der Waals surface area contributed by atoms with Crippen molar-refractivity contribution in [1.82, 2.24) is 0 Å². The zero-order valence-electron chi connectivity index (χ0n) is 30.4. The Hall–Kier alpha value is -2.07. The molecule has 2 unspecified atom stereocenters. The molecule has 0 heterocycles. The van der Waals surface area contributed by atoms with Crippen LogP contribution >= 0.6 is 7.82 Å². The van der Waals surface area contributed by atoms with Gasteiger partial charge in [0.2, 0.25) is 0 Å². The number of carbonyl (C=O) groups is 2. The molecular weight excluding hydrogens is 647 g/mol. The summed E-state index contributed by atoms with van der Waals surface area (Å²) in [6.07, 6.45) is 33.7. The fourth-order valence-electron chi connectivity index (χ4n) is 4.52. The van der Waals surface area contributed by atoms with Gasteiger partial charge >= 0.3 is 19.8 Å². The second kappa shape index (κ2) is 34.4. The molecule has 0 aliphatic carbocycles. The summed E-state index contributed by atoms with van der Waals surface area (Å²) < 4.78 is 32.5. The molecule has 10 nitrogen and oxygen atoms in total. The van der Waals surface area contributed by atoms with Gasteiger partial charge in [-0.3, -0.25) is 18.6 Å². The van der Waals surface area contributed by atoms with Crippen molar-refractivity contribution in [1.29, 1.82) is 0 Å². The van der Waals surface area contributed by atoms with Crippen molar-refractivity contribution in [2.24, 2.45) is 0 Å². The summed E-state index contributed by atoms with van der Waals surface area (Å²) in [5, 5.41) is 18.2. The maximum atomic E-state index is 12.5. The summed E-state index contributed by atoms with van der Waals surface area (Å²) in [6, 6.07) is 0. The normalized spacial score (nSPS) is 14.6.